The molecule has 0 aromatic heterocycles. The van der Waals surface area contributed by atoms with Crippen LogP contribution in [0.3, 0.4) is 0 Å². The molecule has 0 aliphatic carbocycles. The smallest absolute Gasteiger partial charge is 0.305 e. The molecule has 0 aromatic rings. The van der Waals surface area contributed by atoms with E-state index in [2.05, 4.69) is 31.3 Å². The van der Waals surface area contributed by atoms with Gasteiger partial charge in [-0.15, -0.1) is 0 Å². The second kappa shape index (κ2) is 54.9. The van der Waals surface area contributed by atoms with Crippen molar-refractivity contribution in [1.29, 1.82) is 0 Å². The number of hydrogen-bond acceptors (Lipinski definition) is 5. The van der Waals surface area contributed by atoms with Crippen LogP contribution in [0.25, 0.3) is 0 Å². The number of aliphatic hydroxyl groups is 2. The molecular formula is C59H113NO5. The number of unbranched alkanes of at least 4 members (excludes halogenated alkanes) is 41. The van der Waals surface area contributed by atoms with Crippen molar-refractivity contribution in [1.82, 2.24) is 5.32 Å². The molecule has 0 aromatic carbocycles. The molecule has 2 atom stereocenters. The van der Waals surface area contributed by atoms with Gasteiger partial charge in [-0.3, -0.25) is 9.59 Å². The minimum Gasteiger partial charge on any atom is -0.466 e. The number of rotatable bonds is 54. The molecule has 0 radical (unpaired) electrons. The van der Waals surface area contributed by atoms with Gasteiger partial charge in [0.1, 0.15) is 0 Å². The van der Waals surface area contributed by atoms with Gasteiger partial charge in [-0.25, -0.2) is 0 Å². The van der Waals surface area contributed by atoms with Crippen molar-refractivity contribution in [3.8, 4) is 0 Å². The second-order valence-corrected chi connectivity index (χ2v) is 20.0. The van der Waals surface area contributed by atoms with Crippen LogP contribution in [0.4, 0.5) is 0 Å². The summed E-state index contributed by atoms with van der Waals surface area (Å²) in [7, 11) is 0. The number of allylic oxidation sites excluding steroid dienone is 3. The van der Waals surface area contributed by atoms with Crippen molar-refractivity contribution in [2.75, 3.05) is 13.2 Å². The average molecular weight is 917 g/mol. The van der Waals surface area contributed by atoms with Gasteiger partial charge in [0.15, 0.2) is 0 Å². The molecule has 0 fully saturated rings. The van der Waals surface area contributed by atoms with E-state index in [1.54, 1.807) is 6.08 Å². The van der Waals surface area contributed by atoms with Crippen LogP contribution in [-0.4, -0.2) is 47.4 Å². The van der Waals surface area contributed by atoms with E-state index >= 15 is 0 Å². The summed E-state index contributed by atoms with van der Waals surface area (Å²) in [5, 5.41) is 23.1. The highest BCUT2D eigenvalue weighted by atomic mass is 16.5. The van der Waals surface area contributed by atoms with Crippen LogP contribution in [0.5, 0.6) is 0 Å². The Morgan fingerprint density at radius 2 is 0.723 bits per heavy atom. The fraction of sp³-hybridized carbons (Fsp3) is 0.898. The molecule has 0 heterocycles. The van der Waals surface area contributed by atoms with Crippen LogP contribution < -0.4 is 5.32 Å². The van der Waals surface area contributed by atoms with Gasteiger partial charge in [0, 0.05) is 12.8 Å². The highest BCUT2D eigenvalue weighted by Crippen LogP contribution is 2.17. The number of nitrogens with one attached hydrogen (secondary N) is 1. The summed E-state index contributed by atoms with van der Waals surface area (Å²) in [5.74, 6) is -0.105. The molecular weight excluding hydrogens is 803 g/mol. The third-order valence-electron chi connectivity index (χ3n) is 13.5. The Labute approximate surface area is 405 Å². The molecule has 0 rings (SSSR count). The summed E-state index contributed by atoms with van der Waals surface area (Å²) >= 11 is 0. The molecule has 6 nitrogen and oxygen atoms in total. The van der Waals surface area contributed by atoms with Crippen LogP contribution in [0.2, 0.25) is 0 Å². The minimum atomic E-state index is -0.861. The van der Waals surface area contributed by atoms with Crippen molar-refractivity contribution in [3.63, 3.8) is 0 Å². The van der Waals surface area contributed by atoms with E-state index in [1.807, 2.05) is 6.08 Å². The van der Waals surface area contributed by atoms with Gasteiger partial charge in [0.25, 0.3) is 0 Å². The van der Waals surface area contributed by atoms with E-state index in [0.29, 0.717) is 19.4 Å². The first kappa shape index (κ1) is 63.3. The predicted octanol–water partition coefficient (Wildman–Crippen LogP) is 17.9. The zero-order valence-electron chi connectivity index (χ0n) is 43.7. The molecule has 2 unspecified atom stereocenters. The summed E-state index contributed by atoms with van der Waals surface area (Å²) in [4.78, 5) is 24.5. The topological polar surface area (TPSA) is 95.9 Å². The summed E-state index contributed by atoms with van der Waals surface area (Å²) in [6, 6.07) is -0.648. The molecule has 1 amide bonds. The molecule has 0 aliphatic heterocycles. The fourth-order valence-electron chi connectivity index (χ4n) is 8.98. The predicted molar refractivity (Wildman–Crippen MR) is 283 cm³/mol. The van der Waals surface area contributed by atoms with E-state index in [4.69, 9.17) is 4.74 Å². The second-order valence-electron chi connectivity index (χ2n) is 20.0. The van der Waals surface area contributed by atoms with Gasteiger partial charge in [-0.05, 0) is 57.8 Å². The third-order valence-corrected chi connectivity index (χ3v) is 13.5. The van der Waals surface area contributed by atoms with Gasteiger partial charge in [0.05, 0.1) is 25.4 Å². The zero-order chi connectivity index (χ0) is 47.2. The van der Waals surface area contributed by atoms with Crippen molar-refractivity contribution in [2.45, 2.75) is 328 Å². The van der Waals surface area contributed by atoms with Crippen LogP contribution in [0.15, 0.2) is 24.3 Å². The molecule has 3 N–H and O–H groups in total. The maximum atomic E-state index is 12.4. The standard InChI is InChI=1S/C59H113NO5/c1-3-5-7-9-11-13-15-17-19-21-22-23-25-29-33-37-41-45-49-53-59(64)65-54-50-46-42-38-34-30-26-28-32-36-40-44-48-52-58(63)60-56(55-61)57(62)51-47-43-39-35-31-27-24-20-18-16-14-12-10-8-6-4-2/h28,32,47,51,56-57,61-62H,3-27,29-31,33-46,48-50,52-55H2,1-2H3,(H,60,63)/b32-28-,51-47+. The minimum absolute atomic E-state index is 0.00905. The number of ether oxygens (including phenoxy) is 1. The van der Waals surface area contributed by atoms with Crippen molar-refractivity contribution < 1.29 is 24.5 Å². The van der Waals surface area contributed by atoms with Crippen molar-refractivity contribution in [2.24, 2.45) is 0 Å². The highest BCUT2D eigenvalue weighted by molar-refractivity contribution is 5.76. The molecule has 384 valence electrons. The normalized spacial score (nSPS) is 12.7. The van der Waals surface area contributed by atoms with Gasteiger partial charge < -0.3 is 20.3 Å². The van der Waals surface area contributed by atoms with E-state index in [9.17, 15) is 19.8 Å². The molecule has 0 aliphatic rings. The van der Waals surface area contributed by atoms with Crippen molar-refractivity contribution in [3.05, 3.63) is 24.3 Å². The van der Waals surface area contributed by atoms with Crippen LogP contribution in [0, 0.1) is 0 Å². The highest BCUT2D eigenvalue weighted by Gasteiger charge is 2.18. The number of hydrogen-bond donors (Lipinski definition) is 3. The van der Waals surface area contributed by atoms with E-state index in [-0.39, 0.29) is 18.5 Å². The summed E-state index contributed by atoms with van der Waals surface area (Å²) in [6.45, 7) is 4.88. The third kappa shape index (κ3) is 51.6. The van der Waals surface area contributed by atoms with Crippen LogP contribution >= 0.6 is 0 Å². The monoisotopic (exact) mass is 916 g/mol. The Bertz CT molecular complexity index is 1010. The number of esters is 1. The lowest BCUT2D eigenvalue weighted by molar-refractivity contribution is -0.143. The summed E-state index contributed by atoms with van der Waals surface area (Å²) < 4.78 is 5.48. The number of carbonyl (C=O) groups is 2. The van der Waals surface area contributed by atoms with E-state index in [0.717, 1.165) is 70.6 Å². The zero-order valence-corrected chi connectivity index (χ0v) is 43.7. The first-order valence-electron chi connectivity index (χ1n) is 29.1. The van der Waals surface area contributed by atoms with Gasteiger partial charge in [-0.2, -0.15) is 0 Å². The van der Waals surface area contributed by atoms with Gasteiger partial charge >= 0.3 is 5.97 Å². The fourth-order valence-corrected chi connectivity index (χ4v) is 8.98. The lowest BCUT2D eigenvalue weighted by atomic mass is 10.0. The maximum Gasteiger partial charge on any atom is 0.305 e. The Balaban J connectivity index is 3.49. The summed E-state index contributed by atoms with van der Waals surface area (Å²) in [5.41, 5.74) is 0. The van der Waals surface area contributed by atoms with Gasteiger partial charge in [-0.1, -0.05) is 269 Å². The Kier molecular flexibility index (Phi) is 53.5. The van der Waals surface area contributed by atoms with E-state index < -0.39 is 12.1 Å². The van der Waals surface area contributed by atoms with Crippen LogP contribution in [-0.2, 0) is 14.3 Å². The Morgan fingerprint density at radius 3 is 1.11 bits per heavy atom. The van der Waals surface area contributed by atoms with E-state index in [1.165, 1.54) is 218 Å². The SMILES string of the molecule is CCCCCCCCCCCCCCCC/C=C/C(O)C(CO)NC(=O)CCCCC/C=C\CCCCCCCCOC(=O)CCCCCCCCCCCCCCCCCCCCC. The molecule has 65 heavy (non-hydrogen) atoms. The van der Waals surface area contributed by atoms with Crippen molar-refractivity contribution >= 4 is 11.9 Å². The molecule has 0 bridgehead atoms. The molecule has 6 heteroatoms. The first-order valence-corrected chi connectivity index (χ1v) is 29.1. The summed E-state index contributed by atoms with van der Waals surface area (Å²) in [6.07, 6.45) is 66.3. The Hall–Kier alpha value is -1.66. The van der Waals surface area contributed by atoms with Crippen LogP contribution in [0.1, 0.15) is 316 Å². The number of carbonyl (C=O) groups excluding carboxylic acids is 2. The first-order chi connectivity index (χ1) is 32.0. The largest absolute Gasteiger partial charge is 0.466 e. The average Bonchev–Trinajstić information content (AvgIpc) is 3.31. The number of aliphatic hydroxyl groups excluding tert-OH is 2. The number of amides is 1. The Morgan fingerprint density at radius 1 is 0.415 bits per heavy atom. The molecule has 0 saturated heterocycles. The molecule has 0 saturated carbocycles. The lowest BCUT2D eigenvalue weighted by Gasteiger charge is -2.19. The quantitative estimate of drug-likeness (QED) is 0.0321. The lowest BCUT2D eigenvalue weighted by Crippen LogP contribution is -2.45. The molecule has 0 spiro atoms. The maximum absolute atomic E-state index is 12.4. The van der Waals surface area contributed by atoms with Gasteiger partial charge in [0.2, 0.25) is 5.91 Å².